The van der Waals surface area contributed by atoms with Crippen molar-refractivity contribution in [2.24, 2.45) is 4.99 Å². The van der Waals surface area contributed by atoms with Gasteiger partial charge in [-0.25, -0.2) is 4.99 Å². The van der Waals surface area contributed by atoms with Crippen molar-refractivity contribution in [2.75, 3.05) is 14.1 Å². The zero-order valence-electron chi connectivity index (χ0n) is 10.5. The fourth-order valence-corrected chi connectivity index (χ4v) is 1.86. The second-order valence-electron chi connectivity index (χ2n) is 4.18. The predicted octanol–water partition coefficient (Wildman–Crippen LogP) is 3.98. The highest BCUT2D eigenvalue weighted by atomic mass is 35.5. The lowest BCUT2D eigenvalue weighted by Crippen LogP contribution is -2.22. The molecule has 0 saturated carbocycles. The lowest BCUT2D eigenvalue weighted by Gasteiger charge is -2.16. The molecule has 0 aliphatic rings. The fourth-order valence-electron chi connectivity index (χ4n) is 1.68. The van der Waals surface area contributed by atoms with Crippen LogP contribution in [0.1, 0.15) is 5.56 Å². The zero-order chi connectivity index (χ0) is 13.0. The average Bonchev–Trinajstić information content (AvgIpc) is 2.37. The van der Waals surface area contributed by atoms with Crippen molar-refractivity contribution < 1.29 is 0 Å². The van der Waals surface area contributed by atoms with Gasteiger partial charge in [0.25, 0.3) is 0 Å². The lowest BCUT2D eigenvalue weighted by atomic mass is 10.2. The molecule has 0 spiro atoms. The third kappa shape index (κ3) is 3.11. The molecule has 0 bridgehead atoms. The Morgan fingerprint density at radius 3 is 2.33 bits per heavy atom. The maximum atomic E-state index is 5.97. The summed E-state index contributed by atoms with van der Waals surface area (Å²) in [5, 5.41) is 0.697. The SMILES string of the molecule is CN(C)C(=Nc1cccc(Cl)c1)c1ccccc1. The van der Waals surface area contributed by atoms with Crippen LogP contribution in [-0.4, -0.2) is 24.8 Å². The summed E-state index contributed by atoms with van der Waals surface area (Å²) in [7, 11) is 3.97. The van der Waals surface area contributed by atoms with Crippen molar-refractivity contribution in [3.8, 4) is 0 Å². The van der Waals surface area contributed by atoms with Crippen LogP contribution in [0, 0.1) is 0 Å². The van der Waals surface area contributed by atoms with Gasteiger partial charge < -0.3 is 4.90 Å². The van der Waals surface area contributed by atoms with E-state index in [0.29, 0.717) is 5.02 Å². The zero-order valence-corrected chi connectivity index (χ0v) is 11.2. The molecule has 2 aromatic rings. The van der Waals surface area contributed by atoms with Gasteiger partial charge in [0.15, 0.2) is 0 Å². The van der Waals surface area contributed by atoms with Crippen molar-refractivity contribution in [3.05, 3.63) is 65.2 Å². The lowest BCUT2D eigenvalue weighted by molar-refractivity contribution is 0.624. The van der Waals surface area contributed by atoms with Gasteiger partial charge in [-0.1, -0.05) is 48.0 Å². The Balaban J connectivity index is 2.43. The monoisotopic (exact) mass is 258 g/mol. The molecule has 0 N–H and O–H groups in total. The highest BCUT2D eigenvalue weighted by Gasteiger charge is 2.05. The first-order valence-electron chi connectivity index (χ1n) is 5.74. The average molecular weight is 259 g/mol. The Kier molecular flexibility index (Phi) is 4.00. The summed E-state index contributed by atoms with van der Waals surface area (Å²) in [6.07, 6.45) is 0. The molecule has 0 radical (unpaired) electrons. The molecular weight excluding hydrogens is 244 g/mol. The van der Waals surface area contributed by atoms with Gasteiger partial charge in [-0.3, -0.25) is 0 Å². The van der Waals surface area contributed by atoms with Crippen LogP contribution in [0.4, 0.5) is 5.69 Å². The van der Waals surface area contributed by atoms with Crippen LogP contribution in [0.2, 0.25) is 5.02 Å². The minimum atomic E-state index is 0.697. The largest absolute Gasteiger partial charge is 0.362 e. The van der Waals surface area contributed by atoms with E-state index in [1.54, 1.807) is 0 Å². The summed E-state index contributed by atoms with van der Waals surface area (Å²) in [5.74, 6) is 0.915. The molecule has 92 valence electrons. The Labute approximate surface area is 113 Å². The molecule has 2 aromatic carbocycles. The molecule has 0 aromatic heterocycles. The van der Waals surface area contributed by atoms with Crippen molar-refractivity contribution >= 4 is 23.1 Å². The third-order valence-electron chi connectivity index (χ3n) is 2.50. The summed E-state index contributed by atoms with van der Waals surface area (Å²) in [6.45, 7) is 0. The summed E-state index contributed by atoms with van der Waals surface area (Å²) in [5.41, 5.74) is 1.94. The molecule has 0 fully saturated rings. The van der Waals surface area contributed by atoms with Gasteiger partial charge in [-0.05, 0) is 18.2 Å². The number of hydrogen-bond acceptors (Lipinski definition) is 1. The number of benzene rings is 2. The van der Waals surface area contributed by atoms with Crippen LogP contribution in [-0.2, 0) is 0 Å². The minimum Gasteiger partial charge on any atom is -0.362 e. The van der Waals surface area contributed by atoms with E-state index in [9.17, 15) is 0 Å². The summed E-state index contributed by atoms with van der Waals surface area (Å²) < 4.78 is 0. The van der Waals surface area contributed by atoms with E-state index in [4.69, 9.17) is 11.6 Å². The molecule has 0 aliphatic carbocycles. The van der Waals surface area contributed by atoms with Crippen molar-refractivity contribution in [1.82, 2.24) is 4.90 Å². The Morgan fingerprint density at radius 2 is 1.72 bits per heavy atom. The quantitative estimate of drug-likeness (QED) is 0.588. The molecule has 2 nitrogen and oxygen atoms in total. The standard InChI is InChI=1S/C15H15ClN2/c1-18(2)15(12-7-4-3-5-8-12)17-14-10-6-9-13(16)11-14/h3-11H,1-2H3. The van der Waals surface area contributed by atoms with Gasteiger partial charge in [0, 0.05) is 24.7 Å². The number of nitrogens with zero attached hydrogens (tertiary/aromatic N) is 2. The first-order chi connectivity index (χ1) is 8.66. The third-order valence-corrected chi connectivity index (χ3v) is 2.73. The second-order valence-corrected chi connectivity index (χ2v) is 4.61. The minimum absolute atomic E-state index is 0.697. The molecule has 3 heteroatoms. The summed E-state index contributed by atoms with van der Waals surface area (Å²) in [4.78, 5) is 6.64. The van der Waals surface area contributed by atoms with Gasteiger partial charge in [-0.2, -0.15) is 0 Å². The van der Waals surface area contributed by atoms with Gasteiger partial charge >= 0.3 is 0 Å². The first-order valence-corrected chi connectivity index (χ1v) is 6.11. The Hall–Kier alpha value is -1.80. The van der Waals surface area contributed by atoms with E-state index in [2.05, 4.69) is 4.99 Å². The van der Waals surface area contributed by atoms with E-state index in [0.717, 1.165) is 17.1 Å². The molecule has 0 heterocycles. The van der Waals surface area contributed by atoms with E-state index in [1.165, 1.54) is 0 Å². The molecule has 0 saturated heterocycles. The van der Waals surface area contributed by atoms with Gasteiger partial charge in [-0.15, -0.1) is 0 Å². The number of hydrogen-bond donors (Lipinski definition) is 0. The summed E-state index contributed by atoms with van der Waals surface area (Å²) >= 11 is 5.97. The Morgan fingerprint density at radius 1 is 1.00 bits per heavy atom. The highest BCUT2D eigenvalue weighted by Crippen LogP contribution is 2.19. The van der Waals surface area contributed by atoms with E-state index in [1.807, 2.05) is 73.6 Å². The highest BCUT2D eigenvalue weighted by molar-refractivity contribution is 6.30. The molecule has 2 rings (SSSR count). The maximum Gasteiger partial charge on any atom is 0.136 e. The molecular formula is C15H15ClN2. The van der Waals surface area contributed by atoms with E-state index < -0.39 is 0 Å². The van der Waals surface area contributed by atoms with Crippen LogP contribution in [0.5, 0.6) is 0 Å². The summed E-state index contributed by atoms with van der Waals surface area (Å²) in [6, 6.07) is 17.6. The smallest absolute Gasteiger partial charge is 0.136 e. The fraction of sp³-hybridized carbons (Fsp3) is 0.133. The van der Waals surface area contributed by atoms with Crippen LogP contribution >= 0.6 is 11.6 Å². The van der Waals surface area contributed by atoms with Crippen LogP contribution < -0.4 is 0 Å². The van der Waals surface area contributed by atoms with Gasteiger partial charge in [0.1, 0.15) is 5.84 Å². The number of amidine groups is 1. The number of rotatable bonds is 2. The molecule has 0 unspecified atom stereocenters. The van der Waals surface area contributed by atoms with Crippen LogP contribution in [0.25, 0.3) is 0 Å². The molecule has 0 aliphatic heterocycles. The van der Waals surface area contributed by atoms with Gasteiger partial charge in [0.2, 0.25) is 0 Å². The van der Waals surface area contributed by atoms with Crippen LogP contribution in [0.3, 0.4) is 0 Å². The predicted molar refractivity (Wildman–Crippen MR) is 77.8 cm³/mol. The second kappa shape index (κ2) is 5.69. The molecule has 18 heavy (non-hydrogen) atoms. The number of halogens is 1. The Bertz CT molecular complexity index is 547. The van der Waals surface area contributed by atoms with Crippen LogP contribution in [0.15, 0.2) is 59.6 Å². The molecule has 0 atom stereocenters. The van der Waals surface area contributed by atoms with E-state index >= 15 is 0 Å². The van der Waals surface area contributed by atoms with Gasteiger partial charge in [0.05, 0.1) is 5.69 Å². The normalized spacial score (nSPS) is 11.4. The maximum absolute atomic E-state index is 5.97. The first kappa shape index (κ1) is 12.7. The number of aliphatic imine (C=N–C) groups is 1. The van der Waals surface area contributed by atoms with Crippen molar-refractivity contribution in [3.63, 3.8) is 0 Å². The topological polar surface area (TPSA) is 15.6 Å². The molecule has 0 amide bonds. The van der Waals surface area contributed by atoms with Crippen molar-refractivity contribution in [2.45, 2.75) is 0 Å². The van der Waals surface area contributed by atoms with Crippen molar-refractivity contribution in [1.29, 1.82) is 0 Å². The van der Waals surface area contributed by atoms with E-state index in [-0.39, 0.29) is 0 Å².